The first-order chi connectivity index (χ1) is 12.6. The van der Waals surface area contributed by atoms with Crippen molar-refractivity contribution in [2.75, 3.05) is 7.11 Å². The Labute approximate surface area is 149 Å². The zero-order valence-electron chi connectivity index (χ0n) is 14.0. The maximum absolute atomic E-state index is 8.68. The van der Waals surface area contributed by atoms with Gasteiger partial charge in [-0.25, -0.2) is 0 Å². The van der Waals surface area contributed by atoms with Gasteiger partial charge in [0.25, 0.3) is 0 Å². The van der Waals surface area contributed by atoms with Gasteiger partial charge in [0.15, 0.2) is 17.4 Å². The molecule has 5 N–H and O–H groups in total. The molecule has 0 unspecified atom stereocenters. The van der Waals surface area contributed by atoms with Gasteiger partial charge in [0.2, 0.25) is 0 Å². The van der Waals surface area contributed by atoms with E-state index in [0.717, 1.165) is 11.1 Å². The second kappa shape index (κ2) is 7.39. The molecule has 0 atom stereocenters. The van der Waals surface area contributed by atoms with E-state index in [1.54, 1.807) is 12.1 Å². The van der Waals surface area contributed by atoms with E-state index in [1.165, 1.54) is 13.3 Å². The van der Waals surface area contributed by atoms with Crippen LogP contribution in [-0.2, 0) is 4.84 Å². The fraction of sp³-hybridized carbons (Fsp3) is 0.0556. The van der Waals surface area contributed by atoms with Crippen molar-refractivity contribution in [3.8, 4) is 22.8 Å². The van der Waals surface area contributed by atoms with Crippen molar-refractivity contribution in [1.82, 2.24) is 4.98 Å². The number of oxime groups is 2. The third-order valence-electron chi connectivity index (χ3n) is 3.68. The van der Waals surface area contributed by atoms with Crippen LogP contribution in [0.5, 0.6) is 0 Å². The maximum Gasteiger partial charge on any atom is 0.171 e. The number of nitrogens with zero attached hydrogens (tertiary/aromatic N) is 3. The molecule has 0 aliphatic heterocycles. The molecule has 1 aromatic carbocycles. The van der Waals surface area contributed by atoms with Crippen LogP contribution in [0, 0.1) is 0 Å². The number of aromatic nitrogens is 1. The predicted octanol–water partition coefficient (Wildman–Crippen LogP) is 2.37. The summed E-state index contributed by atoms with van der Waals surface area (Å²) in [6, 6.07) is 14.5. The zero-order valence-corrected chi connectivity index (χ0v) is 14.0. The second-order valence-corrected chi connectivity index (χ2v) is 5.32. The van der Waals surface area contributed by atoms with Crippen LogP contribution in [0.2, 0.25) is 0 Å². The molecule has 0 bridgehead atoms. The van der Waals surface area contributed by atoms with Gasteiger partial charge in [0, 0.05) is 22.9 Å². The number of amidine groups is 2. The van der Waals surface area contributed by atoms with Crippen molar-refractivity contribution in [2.24, 2.45) is 21.8 Å². The topological polar surface area (TPSA) is 132 Å². The van der Waals surface area contributed by atoms with Crippen molar-refractivity contribution < 1.29 is 14.5 Å². The van der Waals surface area contributed by atoms with Gasteiger partial charge in [-0.3, -0.25) is 4.98 Å². The Morgan fingerprint density at radius 3 is 2.27 bits per heavy atom. The molecular weight excluding hydrogens is 334 g/mol. The van der Waals surface area contributed by atoms with E-state index in [-0.39, 0.29) is 5.84 Å². The molecule has 0 saturated heterocycles. The Hall–Kier alpha value is -3.81. The highest BCUT2D eigenvalue weighted by atomic mass is 16.6. The highest BCUT2D eigenvalue weighted by molar-refractivity contribution is 5.97. The molecule has 0 saturated carbocycles. The molecule has 0 aliphatic carbocycles. The molecule has 26 heavy (non-hydrogen) atoms. The second-order valence-electron chi connectivity index (χ2n) is 5.32. The van der Waals surface area contributed by atoms with Crippen molar-refractivity contribution in [1.29, 1.82) is 0 Å². The van der Waals surface area contributed by atoms with Crippen LogP contribution >= 0.6 is 0 Å². The van der Waals surface area contributed by atoms with Gasteiger partial charge in [0.05, 0.1) is 0 Å². The van der Waals surface area contributed by atoms with Crippen molar-refractivity contribution in [3.05, 3.63) is 65.9 Å². The third-order valence-corrected chi connectivity index (χ3v) is 3.68. The number of rotatable bonds is 5. The highest BCUT2D eigenvalue weighted by Crippen LogP contribution is 2.27. The Kier molecular flexibility index (Phi) is 4.84. The summed E-state index contributed by atoms with van der Waals surface area (Å²) in [7, 11) is 1.44. The predicted molar refractivity (Wildman–Crippen MR) is 97.6 cm³/mol. The summed E-state index contributed by atoms with van der Waals surface area (Å²) >= 11 is 0. The fourth-order valence-corrected chi connectivity index (χ4v) is 2.34. The fourth-order valence-electron chi connectivity index (χ4n) is 2.34. The van der Waals surface area contributed by atoms with Gasteiger partial charge >= 0.3 is 0 Å². The minimum absolute atomic E-state index is 0.000518. The monoisotopic (exact) mass is 351 g/mol. The Morgan fingerprint density at radius 1 is 0.962 bits per heavy atom. The van der Waals surface area contributed by atoms with Crippen LogP contribution in [0.25, 0.3) is 22.8 Å². The van der Waals surface area contributed by atoms with Gasteiger partial charge in [-0.2, -0.15) is 0 Å². The number of nitrogens with two attached hydrogens (primary N) is 2. The molecule has 8 heteroatoms. The molecule has 2 aromatic heterocycles. The molecule has 3 rings (SSSR count). The first-order valence-electron chi connectivity index (χ1n) is 7.64. The average molecular weight is 351 g/mol. The summed E-state index contributed by atoms with van der Waals surface area (Å²) in [6.07, 6.45) is 1.51. The lowest BCUT2D eigenvalue weighted by Crippen LogP contribution is -2.13. The number of furan rings is 1. The molecule has 2 heterocycles. The quantitative estimate of drug-likeness (QED) is 0.280. The van der Waals surface area contributed by atoms with Crippen LogP contribution in [0.15, 0.2) is 69.5 Å². The summed E-state index contributed by atoms with van der Waals surface area (Å²) in [6.45, 7) is 0. The van der Waals surface area contributed by atoms with E-state index < -0.39 is 0 Å². The van der Waals surface area contributed by atoms with Crippen LogP contribution < -0.4 is 11.5 Å². The summed E-state index contributed by atoms with van der Waals surface area (Å²) < 4.78 is 5.87. The first-order valence-corrected chi connectivity index (χ1v) is 7.64. The minimum atomic E-state index is 0.000518. The summed E-state index contributed by atoms with van der Waals surface area (Å²) in [5.74, 6) is 1.60. The molecule has 0 aliphatic rings. The van der Waals surface area contributed by atoms with Crippen molar-refractivity contribution in [3.63, 3.8) is 0 Å². The Morgan fingerprint density at radius 2 is 1.65 bits per heavy atom. The van der Waals surface area contributed by atoms with E-state index in [1.807, 2.05) is 36.4 Å². The van der Waals surface area contributed by atoms with Gasteiger partial charge in [-0.05, 0) is 24.3 Å². The summed E-state index contributed by atoms with van der Waals surface area (Å²) in [5, 5.41) is 15.3. The lowest BCUT2D eigenvalue weighted by atomic mass is 10.1. The highest BCUT2D eigenvalue weighted by Gasteiger charge is 2.09. The molecule has 3 aromatic rings. The molecule has 132 valence electrons. The standard InChI is InChI=1S/C18H17N5O3/c1-25-23-18(20)12-4-2-11(3-5-12)15-8-9-16(26-15)14-7-6-13(10-21-14)17(19)22-24/h2-10,24H,1H3,(H2,19,22)(H2,20,23). The lowest BCUT2D eigenvalue weighted by molar-refractivity contribution is 0.213. The van der Waals surface area contributed by atoms with Gasteiger partial charge in [-0.15, -0.1) is 0 Å². The SMILES string of the molecule is CO/N=C(\N)c1ccc(-c2ccc(-c3ccc(/C(N)=N\O)cn3)o2)cc1. The third kappa shape index (κ3) is 3.48. The maximum atomic E-state index is 8.68. The molecule has 8 nitrogen and oxygen atoms in total. The van der Waals surface area contributed by atoms with E-state index in [0.29, 0.717) is 28.6 Å². The smallest absolute Gasteiger partial charge is 0.171 e. The van der Waals surface area contributed by atoms with E-state index in [9.17, 15) is 0 Å². The van der Waals surface area contributed by atoms with Crippen molar-refractivity contribution >= 4 is 11.7 Å². The van der Waals surface area contributed by atoms with E-state index in [4.69, 9.17) is 21.1 Å². The van der Waals surface area contributed by atoms with E-state index >= 15 is 0 Å². The first kappa shape index (κ1) is 17.0. The molecular formula is C18H17N5O3. The van der Waals surface area contributed by atoms with Crippen LogP contribution in [0.1, 0.15) is 11.1 Å². The molecule has 0 radical (unpaired) electrons. The zero-order chi connectivity index (χ0) is 18.5. The van der Waals surface area contributed by atoms with Crippen molar-refractivity contribution in [2.45, 2.75) is 0 Å². The van der Waals surface area contributed by atoms with Crippen LogP contribution in [-0.4, -0.2) is 29.0 Å². The molecule has 0 fully saturated rings. The lowest BCUT2D eigenvalue weighted by Gasteiger charge is -2.02. The number of pyridine rings is 1. The van der Waals surface area contributed by atoms with Gasteiger partial charge < -0.3 is 25.9 Å². The van der Waals surface area contributed by atoms with Crippen LogP contribution in [0.3, 0.4) is 0 Å². The normalized spacial score (nSPS) is 12.2. The minimum Gasteiger partial charge on any atom is -0.454 e. The number of hydrogen-bond acceptors (Lipinski definition) is 6. The van der Waals surface area contributed by atoms with Gasteiger partial charge in [0.1, 0.15) is 18.6 Å². The summed E-state index contributed by atoms with van der Waals surface area (Å²) in [4.78, 5) is 8.93. The van der Waals surface area contributed by atoms with E-state index in [2.05, 4.69) is 20.1 Å². The van der Waals surface area contributed by atoms with Crippen LogP contribution in [0.4, 0.5) is 0 Å². The Balaban J connectivity index is 1.82. The molecule has 0 amide bonds. The average Bonchev–Trinajstić information content (AvgIpc) is 3.18. The molecule has 0 spiro atoms. The summed E-state index contributed by atoms with van der Waals surface area (Å²) in [5.41, 5.74) is 14.1. The van der Waals surface area contributed by atoms with Gasteiger partial charge in [-0.1, -0.05) is 34.6 Å². The number of benzene rings is 1. The number of hydrogen-bond donors (Lipinski definition) is 3. The Bertz CT molecular complexity index is 944. The largest absolute Gasteiger partial charge is 0.454 e.